The molecule has 0 spiro atoms. The third-order valence-electron chi connectivity index (χ3n) is 3.51. The zero-order valence-corrected chi connectivity index (χ0v) is 16.1. The van der Waals surface area contributed by atoms with Crippen LogP contribution in [0.5, 0.6) is 5.75 Å². The van der Waals surface area contributed by atoms with E-state index < -0.39 is 35.2 Å². The number of aliphatic carboxylic acids is 1. The minimum Gasteiger partial charge on any atom is -0.484 e. The maximum absolute atomic E-state index is 11.8. The molecule has 1 atom stereocenters. The highest BCUT2D eigenvalue weighted by Crippen LogP contribution is 2.31. The standard InChI is InChI=1S/C19H21N3O7/c1-19(2,3)29-18(25)21-14(17(23)24)11-28-16-8-7-12(10-15(16)22(26)27)13-6-4-5-9-20-13/h4-10,14H,11H2,1-3H3,(H,21,25)(H,23,24)/t14-/m0/s1. The summed E-state index contributed by atoms with van der Waals surface area (Å²) < 4.78 is 10.3. The molecule has 0 bridgehead atoms. The molecule has 0 saturated carbocycles. The molecule has 1 aromatic carbocycles. The predicted molar refractivity (Wildman–Crippen MR) is 103 cm³/mol. The number of hydrogen-bond acceptors (Lipinski definition) is 7. The number of carbonyl (C=O) groups excluding carboxylic acids is 1. The molecule has 154 valence electrons. The minimum absolute atomic E-state index is 0.132. The van der Waals surface area contributed by atoms with Crippen molar-refractivity contribution < 1.29 is 29.1 Å². The first kappa shape index (κ1) is 21.6. The number of benzene rings is 1. The molecule has 0 fully saturated rings. The van der Waals surface area contributed by atoms with E-state index in [1.165, 1.54) is 12.1 Å². The second kappa shape index (κ2) is 9.00. The van der Waals surface area contributed by atoms with Crippen molar-refractivity contribution >= 4 is 17.7 Å². The third-order valence-corrected chi connectivity index (χ3v) is 3.51. The number of carboxylic acids is 1. The first-order valence-corrected chi connectivity index (χ1v) is 8.62. The fourth-order valence-corrected chi connectivity index (χ4v) is 2.27. The van der Waals surface area contributed by atoms with Gasteiger partial charge < -0.3 is 19.9 Å². The number of aromatic nitrogens is 1. The Bertz CT molecular complexity index is 894. The van der Waals surface area contributed by atoms with E-state index in [0.29, 0.717) is 11.3 Å². The number of nitro benzene ring substituents is 1. The minimum atomic E-state index is -1.46. The number of nitrogens with one attached hydrogen (secondary N) is 1. The number of carboxylic acid groups (broad SMARTS) is 1. The molecule has 0 aliphatic heterocycles. The largest absolute Gasteiger partial charge is 0.484 e. The number of pyridine rings is 1. The monoisotopic (exact) mass is 403 g/mol. The Morgan fingerprint density at radius 3 is 2.55 bits per heavy atom. The van der Waals surface area contributed by atoms with Crippen molar-refractivity contribution in [3.63, 3.8) is 0 Å². The van der Waals surface area contributed by atoms with Crippen LogP contribution in [0.25, 0.3) is 11.3 Å². The molecule has 0 aliphatic carbocycles. The van der Waals surface area contributed by atoms with Crippen LogP contribution in [0.15, 0.2) is 42.6 Å². The van der Waals surface area contributed by atoms with E-state index >= 15 is 0 Å². The molecule has 10 heteroatoms. The summed E-state index contributed by atoms with van der Waals surface area (Å²) in [6.07, 6.45) is 0.624. The van der Waals surface area contributed by atoms with Gasteiger partial charge in [0, 0.05) is 17.8 Å². The van der Waals surface area contributed by atoms with Gasteiger partial charge in [-0.2, -0.15) is 0 Å². The van der Waals surface area contributed by atoms with Gasteiger partial charge in [0.2, 0.25) is 0 Å². The van der Waals surface area contributed by atoms with Gasteiger partial charge in [0.1, 0.15) is 12.2 Å². The van der Waals surface area contributed by atoms with E-state index in [2.05, 4.69) is 10.3 Å². The molecule has 2 aromatic rings. The number of carbonyl (C=O) groups is 2. The van der Waals surface area contributed by atoms with Crippen molar-refractivity contribution in [1.29, 1.82) is 0 Å². The van der Waals surface area contributed by atoms with Crippen LogP contribution in [-0.4, -0.2) is 45.3 Å². The van der Waals surface area contributed by atoms with Gasteiger partial charge in [0.25, 0.3) is 0 Å². The van der Waals surface area contributed by atoms with Gasteiger partial charge in [-0.25, -0.2) is 9.59 Å². The van der Waals surface area contributed by atoms with Crippen LogP contribution < -0.4 is 10.1 Å². The second-order valence-electron chi connectivity index (χ2n) is 7.00. The van der Waals surface area contributed by atoms with Gasteiger partial charge in [-0.05, 0) is 45.0 Å². The van der Waals surface area contributed by atoms with Crippen molar-refractivity contribution in [3.05, 3.63) is 52.7 Å². The number of amides is 1. The van der Waals surface area contributed by atoms with Crippen molar-refractivity contribution in [2.45, 2.75) is 32.4 Å². The quantitative estimate of drug-likeness (QED) is 0.531. The zero-order valence-electron chi connectivity index (χ0n) is 16.1. The molecule has 0 unspecified atom stereocenters. The fraction of sp³-hybridized carbons (Fsp3) is 0.316. The molecule has 1 heterocycles. The molecule has 2 N–H and O–H groups in total. The summed E-state index contributed by atoms with van der Waals surface area (Å²) in [4.78, 5) is 38.1. The van der Waals surface area contributed by atoms with Crippen LogP contribution in [0.3, 0.4) is 0 Å². The molecule has 0 aliphatic rings. The highest BCUT2D eigenvalue weighted by molar-refractivity contribution is 5.80. The van der Waals surface area contributed by atoms with E-state index in [4.69, 9.17) is 9.47 Å². The van der Waals surface area contributed by atoms with Crippen molar-refractivity contribution in [2.24, 2.45) is 0 Å². The Morgan fingerprint density at radius 1 is 1.28 bits per heavy atom. The Kier molecular flexibility index (Phi) is 6.71. The van der Waals surface area contributed by atoms with Crippen molar-refractivity contribution in [3.8, 4) is 17.0 Å². The predicted octanol–water partition coefficient (Wildman–Crippen LogP) is 3.01. The van der Waals surface area contributed by atoms with Crippen LogP contribution in [0, 0.1) is 10.1 Å². The van der Waals surface area contributed by atoms with Crippen molar-refractivity contribution in [2.75, 3.05) is 6.61 Å². The SMILES string of the molecule is CC(C)(C)OC(=O)N[C@@H](COc1ccc(-c2ccccn2)cc1[N+](=O)[O-])C(=O)O. The van der Waals surface area contributed by atoms with Crippen LogP contribution >= 0.6 is 0 Å². The molecule has 1 amide bonds. The molecule has 10 nitrogen and oxygen atoms in total. The zero-order chi connectivity index (χ0) is 21.6. The molecule has 29 heavy (non-hydrogen) atoms. The van der Waals surface area contributed by atoms with Crippen LogP contribution in [0.4, 0.5) is 10.5 Å². The van der Waals surface area contributed by atoms with Crippen LogP contribution in [-0.2, 0) is 9.53 Å². The van der Waals surface area contributed by atoms with Gasteiger partial charge in [0.15, 0.2) is 11.8 Å². The normalized spacial score (nSPS) is 12.0. The van der Waals surface area contributed by atoms with E-state index in [1.54, 1.807) is 51.2 Å². The van der Waals surface area contributed by atoms with Gasteiger partial charge >= 0.3 is 17.7 Å². The molecule has 0 radical (unpaired) electrons. The number of ether oxygens (including phenoxy) is 2. The Balaban J connectivity index is 2.16. The Morgan fingerprint density at radius 2 is 2.00 bits per heavy atom. The summed E-state index contributed by atoms with van der Waals surface area (Å²) >= 11 is 0. The van der Waals surface area contributed by atoms with E-state index in [0.717, 1.165) is 0 Å². The summed E-state index contributed by atoms with van der Waals surface area (Å²) in [6, 6.07) is 7.92. The average Bonchev–Trinajstić information content (AvgIpc) is 2.64. The third kappa shape index (κ3) is 6.45. The lowest BCUT2D eigenvalue weighted by atomic mass is 10.1. The summed E-state index contributed by atoms with van der Waals surface area (Å²) in [5, 5.41) is 22.9. The molecular formula is C19H21N3O7. The summed E-state index contributed by atoms with van der Waals surface area (Å²) in [5.41, 5.74) is -0.119. The average molecular weight is 403 g/mol. The number of alkyl carbamates (subject to hydrolysis) is 1. The lowest BCUT2D eigenvalue weighted by molar-refractivity contribution is -0.385. The van der Waals surface area contributed by atoms with Gasteiger partial charge in [-0.3, -0.25) is 15.1 Å². The van der Waals surface area contributed by atoms with Crippen molar-refractivity contribution in [1.82, 2.24) is 10.3 Å². The lowest BCUT2D eigenvalue weighted by Crippen LogP contribution is -2.46. The number of nitro groups is 1. The number of rotatable bonds is 7. The summed E-state index contributed by atoms with van der Waals surface area (Å²) in [5.74, 6) is -1.50. The number of hydrogen-bond donors (Lipinski definition) is 2. The topological polar surface area (TPSA) is 141 Å². The molecular weight excluding hydrogens is 382 g/mol. The first-order valence-electron chi connectivity index (χ1n) is 8.62. The van der Waals surface area contributed by atoms with Gasteiger partial charge in [-0.1, -0.05) is 6.07 Å². The molecule has 1 aromatic heterocycles. The lowest BCUT2D eigenvalue weighted by Gasteiger charge is -2.22. The Labute approximate surface area is 166 Å². The first-order chi connectivity index (χ1) is 13.6. The van der Waals surface area contributed by atoms with Crippen LogP contribution in [0.2, 0.25) is 0 Å². The highest BCUT2D eigenvalue weighted by atomic mass is 16.6. The Hall–Kier alpha value is -3.69. The summed E-state index contributed by atoms with van der Waals surface area (Å²) in [6.45, 7) is 4.36. The number of nitrogens with zero attached hydrogens (tertiary/aromatic N) is 2. The van der Waals surface area contributed by atoms with Crippen LogP contribution in [0.1, 0.15) is 20.8 Å². The van der Waals surface area contributed by atoms with E-state index in [1.807, 2.05) is 0 Å². The smallest absolute Gasteiger partial charge is 0.408 e. The molecule has 0 saturated heterocycles. The highest BCUT2D eigenvalue weighted by Gasteiger charge is 2.26. The maximum Gasteiger partial charge on any atom is 0.408 e. The second-order valence-corrected chi connectivity index (χ2v) is 7.00. The van der Waals surface area contributed by atoms with Gasteiger partial charge in [-0.15, -0.1) is 0 Å². The molecule has 2 rings (SSSR count). The van der Waals surface area contributed by atoms with E-state index in [9.17, 15) is 24.8 Å². The fourth-order valence-electron chi connectivity index (χ4n) is 2.27. The summed E-state index contributed by atoms with van der Waals surface area (Å²) in [7, 11) is 0. The van der Waals surface area contributed by atoms with E-state index in [-0.39, 0.29) is 11.4 Å². The van der Waals surface area contributed by atoms with Gasteiger partial charge in [0.05, 0.1) is 10.6 Å². The maximum atomic E-state index is 11.8.